The Bertz CT molecular complexity index is 881. The molecule has 1 aliphatic heterocycles. The Hall–Kier alpha value is -3.62. The first kappa shape index (κ1) is 23.7. The van der Waals surface area contributed by atoms with Crippen LogP contribution < -0.4 is 10.6 Å². The summed E-state index contributed by atoms with van der Waals surface area (Å²) in [4.78, 5) is 49.5. The third kappa shape index (κ3) is 5.94. The van der Waals surface area contributed by atoms with Crippen LogP contribution in [0.2, 0.25) is 0 Å². The smallest absolute Gasteiger partial charge is 0.336 e. The van der Waals surface area contributed by atoms with Gasteiger partial charge in [0.25, 0.3) is 5.91 Å². The van der Waals surface area contributed by atoms with Crippen molar-refractivity contribution in [3.8, 4) is 0 Å². The predicted molar refractivity (Wildman–Crippen MR) is 110 cm³/mol. The highest BCUT2D eigenvalue weighted by Gasteiger charge is 2.42. The molecule has 0 bridgehead atoms. The van der Waals surface area contributed by atoms with E-state index in [-0.39, 0.29) is 11.1 Å². The van der Waals surface area contributed by atoms with Crippen molar-refractivity contribution in [2.24, 2.45) is 5.92 Å². The van der Waals surface area contributed by atoms with Gasteiger partial charge in [-0.15, -0.1) is 0 Å². The summed E-state index contributed by atoms with van der Waals surface area (Å²) in [6, 6.07) is 9.59. The summed E-state index contributed by atoms with van der Waals surface area (Å²) in [5, 5.41) is 5.54. The largest absolute Gasteiger partial charge is 0.466 e. The number of nitrogens with one attached hydrogen (secondary N) is 2. The Morgan fingerprint density at radius 2 is 1.48 bits per heavy atom. The predicted octanol–water partition coefficient (Wildman–Crippen LogP) is 1.00. The summed E-state index contributed by atoms with van der Waals surface area (Å²) in [6.07, 6.45) is 0.623. The van der Waals surface area contributed by atoms with Gasteiger partial charge >= 0.3 is 17.9 Å². The maximum atomic E-state index is 12.8. The zero-order valence-corrected chi connectivity index (χ0v) is 17.9. The van der Waals surface area contributed by atoms with Crippen LogP contribution in [0.15, 0.2) is 52.9 Å². The van der Waals surface area contributed by atoms with Crippen molar-refractivity contribution in [3.05, 3.63) is 58.4 Å². The molecule has 1 aromatic rings. The number of allylic oxidation sites excluding steroid dienone is 2. The number of benzene rings is 1. The SMILES string of the molecule is COC(=O)C1=C(C)NC(C)=C(C(=O)OC)C1C(=O)OCC(=O)NCCc1ccccc1. The molecule has 1 aromatic carbocycles. The van der Waals surface area contributed by atoms with E-state index in [0.29, 0.717) is 24.4 Å². The summed E-state index contributed by atoms with van der Waals surface area (Å²) >= 11 is 0. The molecule has 0 atom stereocenters. The van der Waals surface area contributed by atoms with Crippen LogP contribution in [0, 0.1) is 5.92 Å². The van der Waals surface area contributed by atoms with E-state index in [1.807, 2.05) is 30.3 Å². The van der Waals surface area contributed by atoms with E-state index in [1.54, 1.807) is 13.8 Å². The van der Waals surface area contributed by atoms with Crippen molar-refractivity contribution in [2.75, 3.05) is 27.4 Å². The fraction of sp³-hybridized carbons (Fsp3) is 0.364. The molecule has 1 aliphatic rings. The second-order valence-corrected chi connectivity index (χ2v) is 6.81. The molecule has 0 saturated carbocycles. The number of hydrogen-bond acceptors (Lipinski definition) is 8. The number of methoxy groups -OCH3 is 2. The molecular weight excluding hydrogens is 404 g/mol. The lowest BCUT2D eigenvalue weighted by Gasteiger charge is -2.28. The Morgan fingerprint density at radius 1 is 0.935 bits per heavy atom. The van der Waals surface area contributed by atoms with Gasteiger partial charge < -0.3 is 24.8 Å². The Kier molecular flexibility index (Phi) is 8.36. The van der Waals surface area contributed by atoms with Gasteiger partial charge in [0.2, 0.25) is 0 Å². The van der Waals surface area contributed by atoms with Gasteiger partial charge in [0.1, 0.15) is 5.92 Å². The lowest BCUT2D eigenvalue weighted by Crippen LogP contribution is -2.39. The van der Waals surface area contributed by atoms with E-state index in [9.17, 15) is 19.2 Å². The van der Waals surface area contributed by atoms with Gasteiger partial charge in [-0.2, -0.15) is 0 Å². The first-order valence-corrected chi connectivity index (χ1v) is 9.62. The number of carbonyl (C=O) groups is 4. The average Bonchev–Trinajstić information content (AvgIpc) is 2.76. The summed E-state index contributed by atoms with van der Waals surface area (Å²) in [6.45, 7) is 2.95. The number of hydrogen-bond donors (Lipinski definition) is 2. The second-order valence-electron chi connectivity index (χ2n) is 6.81. The molecule has 2 rings (SSSR count). The summed E-state index contributed by atoms with van der Waals surface area (Å²) in [5.41, 5.74) is 1.57. The number of dihydropyridines is 1. The van der Waals surface area contributed by atoms with Gasteiger partial charge in [-0.25, -0.2) is 9.59 Å². The molecule has 0 aromatic heterocycles. The molecule has 9 heteroatoms. The highest BCUT2D eigenvalue weighted by Crippen LogP contribution is 2.32. The van der Waals surface area contributed by atoms with Gasteiger partial charge in [-0.05, 0) is 25.8 Å². The summed E-state index contributed by atoms with van der Waals surface area (Å²) in [5.74, 6) is -4.40. The van der Waals surface area contributed by atoms with E-state index in [4.69, 9.17) is 14.2 Å². The van der Waals surface area contributed by atoms with Gasteiger partial charge in [-0.1, -0.05) is 30.3 Å². The third-order valence-electron chi connectivity index (χ3n) is 4.73. The molecule has 0 aliphatic carbocycles. The second kappa shape index (κ2) is 11.0. The van der Waals surface area contributed by atoms with Crippen molar-refractivity contribution in [1.29, 1.82) is 0 Å². The van der Waals surface area contributed by atoms with Gasteiger partial charge in [0.15, 0.2) is 6.61 Å². The Balaban J connectivity index is 2.07. The molecular formula is C22H26N2O7. The van der Waals surface area contributed by atoms with Crippen molar-refractivity contribution < 1.29 is 33.4 Å². The quantitative estimate of drug-likeness (QED) is 0.463. The van der Waals surface area contributed by atoms with Crippen LogP contribution in [-0.2, 0) is 39.8 Å². The molecule has 0 unspecified atom stereocenters. The zero-order valence-electron chi connectivity index (χ0n) is 17.9. The number of ether oxygens (including phenoxy) is 3. The molecule has 0 spiro atoms. The molecule has 166 valence electrons. The van der Waals surface area contributed by atoms with Crippen molar-refractivity contribution in [3.63, 3.8) is 0 Å². The fourth-order valence-electron chi connectivity index (χ4n) is 3.25. The van der Waals surface area contributed by atoms with Crippen molar-refractivity contribution in [2.45, 2.75) is 20.3 Å². The summed E-state index contributed by atoms with van der Waals surface area (Å²) < 4.78 is 14.6. The van der Waals surface area contributed by atoms with Gasteiger partial charge in [0, 0.05) is 17.9 Å². The number of esters is 3. The first-order valence-electron chi connectivity index (χ1n) is 9.62. The van der Waals surface area contributed by atoms with Crippen molar-refractivity contribution >= 4 is 23.8 Å². The van der Waals surface area contributed by atoms with E-state index in [2.05, 4.69) is 10.6 Å². The highest BCUT2D eigenvalue weighted by molar-refractivity contribution is 6.05. The van der Waals surface area contributed by atoms with Crippen LogP contribution in [0.4, 0.5) is 0 Å². The highest BCUT2D eigenvalue weighted by atomic mass is 16.5. The van der Waals surface area contributed by atoms with Crippen LogP contribution in [0.1, 0.15) is 19.4 Å². The molecule has 0 fully saturated rings. The average molecular weight is 430 g/mol. The van der Waals surface area contributed by atoms with Crippen LogP contribution in [-0.4, -0.2) is 51.2 Å². The van der Waals surface area contributed by atoms with Gasteiger partial charge in [0.05, 0.1) is 25.4 Å². The molecule has 9 nitrogen and oxygen atoms in total. The first-order chi connectivity index (χ1) is 14.8. The zero-order chi connectivity index (χ0) is 23.0. The minimum atomic E-state index is -1.38. The van der Waals surface area contributed by atoms with Crippen molar-refractivity contribution in [1.82, 2.24) is 10.6 Å². The minimum Gasteiger partial charge on any atom is -0.466 e. The van der Waals surface area contributed by atoms with Crippen LogP contribution in [0.5, 0.6) is 0 Å². The molecule has 0 radical (unpaired) electrons. The maximum absolute atomic E-state index is 12.8. The Labute approximate surface area is 180 Å². The van der Waals surface area contributed by atoms with Crippen LogP contribution in [0.25, 0.3) is 0 Å². The lowest BCUT2D eigenvalue weighted by molar-refractivity contribution is -0.153. The van der Waals surface area contributed by atoms with Gasteiger partial charge in [-0.3, -0.25) is 9.59 Å². The van der Waals surface area contributed by atoms with Crippen LogP contribution in [0.3, 0.4) is 0 Å². The normalized spacial score (nSPS) is 13.9. The fourth-order valence-corrected chi connectivity index (χ4v) is 3.25. The van der Waals surface area contributed by atoms with E-state index in [0.717, 1.165) is 19.8 Å². The number of carbonyl (C=O) groups excluding carboxylic acids is 4. The number of rotatable bonds is 8. The third-order valence-corrected chi connectivity index (χ3v) is 4.73. The maximum Gasteiger partial charge on any atom is 0.336 e. The molecule has 1 amide bonds. The topological polar surface area (TPSA) is 120 Å². The number of amides is 1. The van der Waals surface area contributed by atoms with E-state index >= 15 is 0 Å². The Morgan fingerprint density at radius 3 is 2.00 bits per heavy atom. The summed E-state index contributed by atoms with van der Waals surface area (Å²) in [7, 11) is 2.32. The van der Waals surface area contributed by atoms with E-state index in [1.165, 1.54) is 0 Å². The van der Waals surface area contributed by atoms with Crippen LogP contribution >= 0.6 is 0 Å². The molecule has 0 saturated heterocycles. The lowest BCUT2D eigenvalue weighted by atomic mass is 9.85. The monoisotopic (exact) mass is 430 g/mol. The molecule has 31 heavy (non-hydrogen) atoms. The standard InChI is InChI=1S/C22H26N2O7/c1-13-17(20(26)29-3)19(18(14(2)24-13)21(27)30-4)22(28)31-12-16(25)23-11-10-15-8-6-5-7-9-15/h5-9,19,24H,10-12H2,1-4H3,(H,23,25). The minimum absolute atomic E-state index is 0.0806. The van der Waals surface area contributed by atoms with E-state index < -0.39 is 36.3 Å². The molecule has 2 N–H and O–H groups in total. The molecule has 1 heterocycles.